The monoisotopic (exact) mass is 653 g/mol. The van der Waals surface area contributed by atoms with Crippen LogP contribution in [0.5, 0.6) is 5.88 Å². The Morgan fingerprint density at radius 3 is 2.59 bits per heavy atom. The third-order valence-corrected chi connectivity index (χ3v) is 10.2. The number of aliphatic hydroxyl groups is 1. The molecule has 0 aliphatic carbocycles. The Hall–Kier alpha value is -3.59. The lowest BCUT2D eigenvalue weighted by atomic mass is 9.92. The second-order valence-electron chi connectivity index (χ2n) is 11.3. The SMILES string of the molecule is CN1C(N(COCC[Si](C)(C)C)C(=O)O)=NC(C)(c2cc(C=C(F)c3cnc(OCC#CCO)cn3)ccc2F)CS1(O)O. The van der Waals surface area contributed by atoms with Crippen LogP contribution < -0.4 is 4.74 Å². The van der Waals surface area contributed by atoms with Crippen LogP contribution in [-0.2, 0) is 10.3 Å². The zero-order chi connectivity index (χ0) is 32.7. The zero-order valence-corrected chi connectivity index (χ0v) is 26.9. The van der Waals surface area contributed by atoms with Crippen LogP contribution in [0.2, 0.25) is 25.7 Å². The summed E-state index contributed by atoms with van der Waals surface area (Å²) >= 11 is 0. The minimum atomic E-state index is -3.67. The number of nitrogens with zero attached hydrogens (tertiary/aromatic N) is 5. The molecule has 0 bridgehead atoms. The fourth-order valence-corrected chi connectivity index (χ4v) is 6.35. The van der Waals surface area contributed by atoms with E-state index in [4.69, 9.17) is 14.6 Å². The van der Waals surface area contributed by atoms with Crippen LogP contribution in [0.3, 0.4) is 0 Å². The summed E-state index contributed by atoms with van der Waals surface area (Å²) < 4.78 is 64.1. The Balaban J connectivity index is 1.92. The summed E-state index contributed by atoms with van der Waals surface area (Å²) in [5.41, 5.74) is -1.67. The Morgan fingerprint density at radius 1 is 1.25 bits per heavy atom. The highest BCUT2D eigenvalue weighted by Crippen LogP contribution is 2.52. The summed E-state index contributed by atoms with van der Waals surface area (Å²) in [5, 5.41) is 18.6. The van der Waals surface area contributed by atoms with Crippen molar-refractivity contribution >= 4 is 42.8 Å². The summed E-state index contributed by atoms with van der Waals surface area (Å²) in [7, 11) is -3.84. The molecule has 44 heavy (non-hydrogen) atoms. The predicted octanol–water partition coefficient (Wildman–Crippen LogP) is 4.93. The number of guanidine groups is 1. The van der Waals surface area contributed by atoms with Crippen LogP contribution in [0.4, 0.5) is 13.6 Å². The third-order valence-electron chi connectivity index (χ3n) is 6.46. The van der Waals surface area contributed by atoms with Crippen molar-refractivity contribution in [2.45, 2.75) is 38.1 Å². The number of aliphatic imine (C=N–C) groups is 1. The van der Waals surface area contributed by atoms with E-state index in [0.29, 0.717) is 6.61 Å². The molecule has 1 unspecified atom stereocenters. The van der Waals surface area contributed by atoms with E-state index >= 15 is 8.78 Å². The first kappa shape index (κ1) is 34.9. The molecule has 2 aromatic rings. The molecule has 1 aromatic heterocycles. The van der Waals surface area contributed by atoms with Crippen molar-refractivity contribution in [3.8, 4) is 17.7 Å². The standard InChI is InChI=1S/C28H37F2N5O7SSi/c1-28(18-43(39,40)34(2)26(33-28)35(27(37)38)19-41-12-13-44(3,4)5)21-14-20(8-9-22(21)29)15-23(30)24-16-32-25(17-31-24)42-11-7-6-10-36/h8-9,14-17,36,39-40H,10-13,18-19H2,1-5H3,(H,37,38). The Bertz CT molecular complexity index is 1460. The largest absolute Gasteiger partial charge is 0.465 e. The van der Waals surface area contributed by atoms with Crippen LogP contribution >= 0.6 is 10.8 Å². The number of carbonyl (C=O) groups is 1. The average molecular weight is 654 g/mol. The maximum Gasteiger partial charge on any atom is 0.416 e. The van der Waals surface area contributed by atoms with Crippen molar-refractivity contribution in [1.82, 2.24) is 19.2 Å². The molecule has 12 nitrogen and oxygen atoms in total. The van der Waals surface area contributed by atoms with E-state index in [-0.39, 0.29) is 41.9 Å². The van der Waals surface area contributed by atoms with E-state index in [1.807, 2.05) is 0 Å². The van der Waals surface area contributed by atoms with E-state index in [9.17, 15) is 19.0 Å². The van der Waals surface area contributed by atoms with E-state index in [2.05, 4.69) is 46.4 Å². The van der Waals surface area contributed by atoms with Gasteiger partial charge in [-0.1, -0.05) is 37.5 Å². The van der Waals surface area contributed by atoms with Gasteiger partial charge in [-0.15, -0.1) is 10.8 Å². The van der Waals surface area contributed by atoms with Crippen LogP contribution in [0, 0.1) is 17.7 Å². The lowest BCUT2D eigenvalue weighted by Gasteiger charge is -2.51. The lowest BCUT2D eigenvalue weighted by molar-refractivity contribution is 0.0650. The number of aliphatic hydroxyl groups excluding tert-OH is 1. The summed E-state index contributed by atoms with van der Waals surface area (Å²) in [6, 6.07) is 4.49. The van der Waals surface area contributed by atoms with Gasteiger partial charge in [-0.05, 0) is 36.7 Å². The Kier molecular flexibility index (Phi) is 11.5. The molecular formula is C28H37F2N5O7SSi. The third kappa shape index (κ3) is 9.21. The van der Waals surface area contributed by atoms with Gasteiger partial charge in [-0.2, -0.15) is 0 Å². The van der Waals surface area contributed by atoms with Crippen molar-refractivity contribution in [2.75, 3.05) is 39.4 Å². The first-order valence-electron chi connectivity index (χ1n) is 13.4. The maximum atomic E-state index is 15.3. The van der Waals surface area contributed by atoms with Gasteiger partial charge in [-0.25, -0.2) is 37.7 Å². The van der Waals surface area contributed by atoms with E-state index in [1.165, 1.54) is 32.3 Å². The van der Waals surface area contributed by atoms with Gasteiger partial charge >= 0.3 is 6.09 Å². The minimum absolute atomic E-state index is 0.0372. The summed E-state index contributed by atoms with van der Waals surface area (Å²) in [6.45, 7) is 7.41. The smallest absolute Gasteiger partial charge is 0.416 e. The van der Waals surface area contributed by atoms with Crippen molar-refractivity contribution in [1.29, 1.82) is 0 Å². The van der Waals surface area contributed by atoms with Crippen LogP contribution in [0.15, 0.2) is 35.6 Å². The van der Waals surface area contributed by atoms with Crippen LogP contribution in [0.25, 0.3) is 11.9 Å². The molecule has 1 aliphatic heterocycles. The van der Waals surface area contributed by atoms with Gasteiger partial charge in [0.05, 0.1) is 18.1 Å². The van der Waals surface area contributed by atoms with Gasteiger partial charge in [0, 0.05) is 27.3 Å². The molecule has 240 valence electrons. The number of hydrogen-bond donors (Lipinski definition) is 4. The molecular weight excluding hydrogens is 616 g/mol. The summed E-state index contributed by atoms with van der Waals surface area (Å²) in [4.78, 5) is 25.4. The first-order valence-corrected chi connectivity index (χ1v) is 18.8. The molecule has 0 spiro atoms. The summed E-state index contributed by atoms with van der Waals surface area (Å²) in [6.07, 6.45) is 1.99. The average Bonchev–Trinajstić information content (AvgIpc) is 2.93. The molecule has 4 N–H and O–H groups in total. The zero-order valence-electron chi connectivity index (χ0n) is 25.1. The number of benzene rings is 1. The minimum Gasteiger partial charge on any atom is -0.465 e. The molecule has 1 aromatic carbocycles. The topological polar surface area (TPSA) is 161 Å². The second-order valence-corrected chi connectivity index (χ2v) is 19.0. The Morgan fingerprint density at radius 2 is 1.98 bits per heavy atom. The highest BCUT2D eigenvalue weighted by Gasteiger charge is 2.45. The molecule has 1 atom stereocenters. The second kappa shape index (κ2) is 14.5. The Labute approximate surface area is 257 Å². The predicted molar refractivity (Wildman–Crippen MR) is 167 cm³/mol. The van der Waals surface area contributed by atoms with Gasteiger partial charge in [0.1, 0.15) is 30.4 Å². The maximum absolute atomic E-state index is 15.3. The van der Waals surface area contributed by atoms with Gasteiger partial charge in [0.15, 0.2) is 12.4 Å². The molecule has 0 fully saturated rings. The van der Waals surface area contributed by atoms with E-state index < -0.39 is 54.6 Å². The van der Waals surface area contributed by atoms with Crippen molar-refractivity contribution < 1.29 is 42.4 Å². The van der Waals surface area contributed by atoms with Crippen molar-refractivity contribution in [3.05, 3.63) is 53.2 Å². The summed E-state index contributed by atoms with van der Waals surface area (Å²) in [5.74, 6) is 2.72. The van der Waals surface area contributed by atoms with Crippen molar-refractivity contribution in [3.63, 3.8) is 0 Å². The lowest BCUT2D eigenvalue weighted by Crippen LogP contribution is -2.53. The first-order chi connectivity index (χ1) is 20.6. The number of hydrogen-bond acceptors (Lipinski definition) is 10. The fraction of sp³-hybridized carbons (Fsp3) is 0.429. The molecule has 16 heteroatoms. The van der Waals surface area contributed by atoms with Crippen molar-refractivity contribution in [2.24, 2.45) is 4.99 Å². The molecule has 0 saturated heterocycles. The number of aromatic nitrogens is 2. The highest BCUT2D eigenvalue weighted by atomic mass is 32.3. The van der Waals surface area contributed by atoms with E-state index in [0.717, 1.165) is 33.6 Å². The van der Waals surface area contributed by atoms with Crippen LogP contribution in [-0.4, -0.2) is 98.0 Å². The molecule has 0 saturated carbocycles. The molecule has 1 amide bonds. The molecule has 1 aliphatic rings. The number of halogens is 2. The number of carboxylic acid groups (broad SMARTS) is 1. The van der Waals surface area contributed by atoms with Gasteiger partial charge in [0.25, 0.3) is 0 Å². The number of rotatable bonds is 10. The number of amides is 1. The molecule has 3 rings (SSSR count). The highest BCUT2D eigenvalue weighted by molar-refractivity contribution is 8.22. The normalized spacial score (nSPS) is 19.0. The van der Waals surface area contributed by atoms with Gasteiger partial charge in [-0.3, -0.25) is 9.11 Å². The van der Waals surface area contributed by atoms with Gasteiger partial charge < -0.3 is 19.7 Å². The van der Waals surface area contributed by atoms with E-state index in [1.54, 1.807) is 0 Å². The molecule has 2 heterocycles. The quantitative estimate of drug-likeness (QED) is 0.120. The van der Waals surface area contributed by atoms with Crippen LogP contribution in [0.1, 0.15) is 23.7 Å². The molecule has 0 radical (unpaired) electrons. The van der Waals surface area contributed by atoms with Gasteiger partial charge in [0.2, 0.25) is 11.8 Å². The fourth-order valence-electron chi connectivity index (χ4n) is 4.03. The number of ether oxygens (including phenoxy) is 2.